The number of amides is 1. The predicted octanol–water partition coefficient (Wildman–Crippen LogP) is 1.69. The van der Waals surface area contributed by atoms with Gasteiger partial charge in [0, 0.05) is 31.3 Å². The Balaban J connectivity index is 1.97. The minimum absolute atomic E-state index is 0.0702. The summed E-state index contributed by atoms with van der Waals surface area (Å²) in [6.45, 7) is 5.27. The molecule has 0 aromatic heterocycles. The third kappa shape index (κ3) is 3.33. The number of benzene rings is 1. The van der Waals surface area contributed by atoms with Crippen molar-refractivity contribution < 1.29 is 9.72 Å². The van der Waals surface area contributed by atoms with Gasteiger partial charge in [0.1, 0.15) is 0 Å². The summed E-state index contributed by atoms with van der Waals surface area (Å²) in [5.41, 5.74) is 0.981. The second kappa shape index (κ2) is 6.00. The average molecular weight is 277 g/mol. The molecule has 2 rings (SSSR count). The molecule has 1 saturated heterocycles. The monoisotopic (exact) mass is 277 g/mol. The van der Waals surface area contributed by atoms with Gasteiger partial charge in [-0.15, -0.1) is 0 Å². The maximum Gasteiger partial charge on any atom is 0.269 e. The maximum absolute atomic E-state index is 12.2. The van der Waals surface area contributed by atoms with Gasteiger partial charge in [0.05, 0.1) is 11.0 Å². The minimum Gasteiger partial charge on any atom is -0.337 e. The van der Waals surface area contributed by atoms with Gasteiger partial charge in [-0.1, -0.05) is 26.0 Å². The zero-order chi connectivity index (χ0) is 14.7. The summed E-state index contributed by atoms with van der Waals surface area (Å²) in [5, 5.41) is 13.8. The van der Waals surface area contributed by atoms with E-state index in [1.807, 2.05) is 13.8 Å². The molecule has 1 aromatic carbocycles. The van der Waals surface area contributed by atoms with Crippen molar-refractivity contribution in [2.75, 3.05) is 6.54 Å². The molecule has 1 unspecified atom stereocenters. The Morgan fingerprint density at radius 1 is 1.40 bits per heavy atom. The maximum atomic E-state index is 12.2. The van der Waals surface area contributed by atoms with Crippen LogP contribution in [0.25, 0.3) is 0 Å². The number of non-ortho nitro benzene ring substituents is 1. The van der Waals surface area contributed by atoms with Crippen LogP contribution in [0, 0.1) is 10.1 Å². The average Bonchev–Trinajstić information content (AvgIpc) is 2.71. The van der Waals surface area contributed by atoms with Crippen LogP contribution < -0.4 is 5.32 Å². The molecule has 1 aliphatic rings. The third-order valence-corrected chi connectivity index (χ3v) is 3.35. The minimum atomic E-state index is -0.423. The highest BCUT2D eigenvalue weighted by Crippen LogP contribution is 2.18. The molecule has 1 fully saturated rings. The Morgan fingerprint density at radius 2 is 2.05 bits per heavy atom. The summed E-state index contributed by atoms with van der Waals surface area (Å²) in [5.74, 6) is 0.108. The summed E-state index contributed by atoms with van der Waals surface area (Å²) < 4.78 is 0. The summed E-state index contributed by atoms with van der Waals surface area (Å²) in [6, 6.07) is 6.53. The number of carbonyl (C=O) groups is 1. The molecule has 0 spiro atoms. The molecule has 6 nitrogen and oxygen atoms in total. The molecule has 0 radical (unpaired) electrons. The lowest BCUT2D eigenvalue weighted by molar-refractivity contribution is -0.384. The lowest BCUT2D eigenvalue weighted by Crippen LogP contribution is -2.41. The number of nitro benzene ring substituents is 1. The smallest absolute Gasteiger partial charge is 0.269 e. The van der Waals surface area contributed by atoms with Crippen LogP contribution in [0.4, 0.5) is 5.69 Å². The number of rotatable bonds is 5. The number of carbonyl (C=O) groups excluding carboxylic acids is 1. The van der Waals surface area contributed by atoms with Crippen molar-refractivity contribution in [3.8, 4) is 0 Å². The van der Waals surface area contributed by atoms with E-state index in [9.17, 15) is 14.9 Å². The molecule has 1 atom stereocenters. The van der Waals surface area contributed by atoms with Crippen LogP contribution in [-0.4, -0.2) is 34.4 Å². The molecule has 108 valence electrons. The SMILES string of the molecule is CC(C)NC1CCN(Cc2ccc([N+](=O)[O-])cc2)C1=O. The van der Waals surface area contributed by atoms with Crippen LogP contribution >= 0.6 is 0 Å². The van der Waals surface area contributed by atoms with Gasteiger partial charge in [-0.05, 0) is 12.0 Å². The highest BCUT2D eigenvalue weighted by molar-refractivity contribution is 5.84. The Kier molecular flexibility index (Phi) is 4.34. The van der Waals surface area contributed by atoms with Gasteiger partial charge in [0.25, 0.3) is 5.69 Å². The van der Waals surface area contributed by atoms with E-state index in [4.69, 9.17) is 0 Å². The van der Waals surface area contributed by atoms with Gasteiger partial charge < -0.3 is 10.2 Å². The van der Waals surface area contributed by atoms with E-state index in [-0.39, 0.29) is 23.7 Å². The molecule has 1 aliphatic heterocycles. The van der Waals surface area contributed by atoms with Crippen LogP contribution in [0.3, 0.4) is 0 Å². The second-order valence-corrected chi connectivity index (χ2v) is 5.35. The van der Waals surface area contributed by atoms with E-state index in [0.717, 1.165) is 18.5 Å². The van der Waals surface area contributed by atoms with Gasteiger partial charge in [-0.25, -0.2) is 0 Å². The predicted molar refractivity (Wildman–Crippen MR) is 75.2 cm³/mol. The molecule has 1 heterocycles. The Bertz CT molecular complexity index is 499. The van der Waals surface area contributed by atoms with E-state index in [1.165, 1.54) is 12.1 Å². The zero-order valence-corrected chi connectivity index (χ0v) is 11.7. The largest absolute Gasteiger partial charge is 0.337 e. The topological polar surface area (TPSA) is 75.5 Å². The Hall–Kier alpha value is -1.95. The number of nitro groups is 1. The summed E-state index contributed by atoms with van der Waals surface area (Å²) in [4.78, 5) is 24.1. The van der Waals surface area contributed by atoms with Crippen molar-refractivity contribution in [1.29, 1.82) is 0 Å². The third-order valence-electron chi connectivity index (χ3n) is 3.35. The number of nitrogens with one attached hydrogen (secondary N) is 1. The molecule has 0 aliphatic carbocycles. The van der Waals surface area contributed by atoms with Gasteiger partial charge in [0.2, 0.25) is 5.91 Å². The summed E-state index contributed by atoms with van der Waals surface area (Å²) in [6.07, 6.45) is 0.810. The molecule has 1 amide bonds. The molecule has 1 aromatic rings. The van der Waals surface area contributed by atoms with Crippen LogP contribution in [0.1, 0.15) is 25.8 Å². The van der Waals surface area contributed by atoms with E-state index < -0.39 is 4.92 Å². The molecule has 6 heteroatoms. The molecule has 1 N–H and O–H groups in total. The van der Waals surface area contributed by atoms with Gasteiger partial charge in [-0.2, -0.15) is 0 Å². The highest BCUT2D eigenvalue weighted by Gasteiger charge is 2.31. The van der Waals surface area contributed by atoms with Crippen molar-refractivity contribution in [2.24, 2.45) is 0 Å². The summed E-state index contributed by atoms with van der Waals surface area (Å²) >= 11 is 0. The quantitative estimate of drug-likeness (QED) is 0.656. The standard InChI is InChI=1S/C14H19N3O3/c1-10(2)15-13-7-8-16(14(13)18)9-11-3-5-12(6-4-11)17(19)20/h3-6,10,13,15H,7-9H2,1-2H3. The van der Waals surface area contributed by atoms with Crippen LogP contribution in [0.5, 0.6) is 0 Å². The Labute approximate surface area is 117 Å². The number of hydrogen-bond donors (Lipinski definition) is 1. The van der Waals surface area contributed by atoms with E-state index in [0.29, 0.717) is 6.54 Å². The Morgan fingerprint density at radius 3 is 2.60 bits per heavy atom. The fraction of sp³-hybridized carbons (Fsp3) is 0.500. The molecular formula is C14H19N3O3. The van der Waals surface area contributed by atoms with E-state index in [1.54, 1.807) is 17.0 Å². The van der Waals surface area contributed by atoms with E-state index in [2.05, 4.69) is 5.32 Å². The first kappa shape index (κ1) is 14.5. The normalized spacial score (nSPS) is 18.9. The first-order valence-electron chi connectivity index (χ1n) is 6.75. The molecule has 20 heavy (non-hydrogen) atoms. The van der Waals surface area contributed by atoms with Crippen molar-refractivity contribution in [2.45, 2.75) is 38.9 Å². The van der Waals surface area contributed by atoms with Gasteiger partial charge in [-0.3, -0.25) is 14.9 Å². The molecular weight excluding hydrogens is 258 g/mol. The first-order valence-corrected chi connectivity index (χ1v) is 6.75. The second-order valence-electron chi connectivity index (χ2n) is 5.35. The molecule has 0 saturated carbocycles. The fourth-order valence-electron chi connectivity index (χ4n) is 2.40. The number of hydrogen-bond acceptors (Lipinski definition) is 4. The molecule has 0 bridgehead atoms. The fourth-order valence-corrected chi connectivity index (χ4v) is 2.40. The lowest BCUT2D eigenvalue weighted by atomic mass is 10.2. The first-order chi connectivity index (χ1) is 9.47. The van der Waals surface area contributed by atoms with Crippen molar-refractivity contribution in [1.82, 2.24) is 10.2 Å². The van der Waals surface area contributed by atoms with Crippen LogP contribution in [0.2, 0.25) is 0 Å². The van der Waals surface area contributed by atoms with Crippen molar-refractivity contribution in [3.63, 3.8) is 0 Å². The van der Waals surface area contributed by atoms with Crippen LogP contribution in [-0.2, 0) is 11.3 Å². The highest BCUT2D eigenvalue weighted by atomic mass is 16.6. The van der Waals surface area contributed by atoms with Crippen molar-refractivity contribution in [3.05, 3.63) is 39.9 Å². The summed E-state index contributed by atoms with van der Waals surface area (Å²) in [7, 11) is 0. The lowest BCUT2D eigenvalue weighted by Gasteiger charge is -2.18. The van der Waals surface area contributed by atoms with Gasteiger partial charge in [0.15, 0.2) is 0 Å². The zero-order valence-electron chi connectivity index (χ0n) is 11.7. The number of nitrogens with zero attached hydrogens (tertiary/aromatic N) is 2. The van der Waals surface area contributed by atoms with E-state index >= 15 is 0 Å². The number of likely N-dealkylation sites (tertiary alicyclic amines) is 1. The van der Waals surface area contributed by atoms with Crippen molar-refractivity contribution >= 4 is 11.6 Å². The van der Waals surface area contributed by atoms with Gasteiger partial charge >= 0.3 is 0 Å². The van der Waals surface area contributed by atoms with Crippen LogP contribution in [0.15, 0.2) is 24.3 Å².